The number of hydrogen-bond acceptors (Lipinski definition) is 1. The Hall–Kier alpha value is 0.540. The van der Waals surface area contributed by atoms with Crippen LogP contribution >= 0.6 is 24.0 Å². The molecule has 1 nitrogen and oxygen atoms in total. The summed E-state index contributed by atoms with van der Waals surface area (Å²) in [7, 11) is 0. The topological polar surface area (TPSA) is 3.24 Å². The summed E-state index contributed by atoms with van der Waals surface area (Å²) in [5.74, 6) is 1.90. The molecular formula is C10H19Cl2N. The third-order valence-corrected chi connectivity index (χ3v) is 3.73. The van der Waals surface area contributed by atoms with Gasteiger partial charge in [0, 0.05) is 13.1 Å². The molecule has 1 atom stereocenters. The summed E-state index contributed by atoms with van der Waals surface area (Å²) in [6.45, 7) is 4.61. The molecular weight excluding hydrogens is 205 g/mol. The van der Waals surface area contributed by atoms with Crippen molar-refractivity contribution in [2.24, 2.45) is 11.8 Å². The predicted octanol–water partition coefficient (Wildman–Crippen LogP) is 3.12. The van der Waals surface area contributed by atoms with Gasteiger partial charge in [0.15, 0.2) is 0 Å². The molecule has 3 rings (SSSR count). The van der Waals surface area contributed by atoms with Crippen LogP contribution in [0.15, 0.2) is 0 Å². The summed E-state index contributed by atoms with van der Waals surface area (Å²) in [4.78, 5) is 2.46. The van der Waals surface area contributed by atoms with Crippen molar-refractivity contribution in [1.82, 2.24) is 4.90 Å². The fourth-order valence-corrected chi connectivity index (χ4v) is 2.78. The molecule has 3 fully saturated rings. The monoisotopic (exact) mass is 223 g/mol. The van der Waals surface area contributed by atoms with E-state index in [1.54, 1.807) is 0 Å². The van der Waals surface area contributed by atoms with Gasteiger partial charge in [0.2, 0.25) is 0 Å². The van der Waals surface area contributed by atoms with E-state index in [1.807, 2.05) is 0 Å². The number of fused-ring (bicyclic) bond motifs is 4. The Morgan fingerprint density at radius 3 is 1.77 bits per heavy atom. The Labute approximate surface area is 92.2 Å². The first kappa shape index (κ1) is 11.6. The first-order chi connectivity index (χ1) is 5.75. The van der Waals surface area contributed by atoms with Gasteiger partial charge in [0.25, 0.3) is 0 Å². The summed E-state index contributed by atoms with van der Waals surface area (Å²) in [6.07, 6.45) is 5.80. The highest BCUT2D eigenvalue weighted by atomic mass is 35.5. The Kier molecular flexibility index (Phi) is 4.34. The van der Waals surface area contributed by atoms with E-state index < -0.39 is 0 Å². The van der Waals surface area contributed by atoms with Crippen molar-refractivity contribution in [3.05, 3.63) is 0 Å². The van der Waals surface area contributed by atoms with Crippen LogP contribution < -0.4 is 0 Å². The first-order valence-electron chi connectivity index (χ1n) is 5.14. The van der Waals surface area contributed by atoms with Gasteiger partial charge in [-0.3, -0.25) is 4.90 Å². The van der Waals surface area contributed by atoms with Gasteiger partial charge >= 0.3 is 0 Å². The molecule has 0 aromatic heterocycles. The van der Waals surface area contributed by atoms with Crippen LogP contribution in [0.3, 0.4) is 0 Å². The summed E-state index contributed by atoms with van der Waals surface area (Å²) >= 11 is 6.11. The van der Waals surface area contributed by atoms with Gasteiger partial charge in [-0.05, 0) is 44.4 Å². The molecule has 78 valence electrons. The summed E-state index contributed by atoms with van der Waals surface area (Å²) < 4.78 is 0. The second-order valence-electron chi connectivity index (χ2n) is 4.41. The Bertz CT molecular complexity index is 139. The van der Waals surface area contributed by atoms with E-state index in [2.05, 4.69) is 11.8 Å². The van der Waals surface area contributed by atoms with Crippen molar-refractivity contribution in [2.45, 2.75) is 38.1 Å². The van der Waals surface area contributed by atoms with Gasteiger partial charge in [-0.1, -0.05) is 0 Å². The molecule has 1 unspecified atom stereocenters. The summed E-state index contributed by atoms with van der Waals surface area (Å²) in [5, 5.41) is 0. The maximum atomic E-state index is 6.11. The quantitative estimate of drug-likeness (QED) is 0.488. The molecule has 3 heteroatoms. The minimum atomic E-state index is 0. The molecule has 0 amide bonds. The zero-order chi connectivity index (χ0) is 8.55. The standard InChI is InChI=1S/C10H18ClN.ClH/c1-8(11)12-6-9-2-3-10(7-12)5-4-9;/h8-10H,2-7H2,1H3;1H. The van der Waals surface area contributed by atoms with Gasteiger partial charge in [-0.15, -0.1) is 24.0 Å². The van der Waals surface area contributed by atoms with Crippen LogP contribution in [-0.4, -0.2) is 23.5 Å². The van der Waals surface area contributed by atoms with Crippen molar-refractivity contribution in [3.63, 3.8) is 0 Å². The second kappa shape index (κ2) is 4.86. The number of halogens is 2. The highest BCUT2D eigenvalue weighted by Gasteiger charge is 2.30. The van der Waals surface area contributed by atoms with Gasteiger partial charge in [-0.25, -0.2) is 0 Å². The van der Waals surface area contributed by atoms with Crippen molar-refractivity contribution in [3.8, 4) is 0 Å². The summed E-state index contributed by atoms with van der Waals surface area (Å²) in [5.41, 5.74) is 0.242. The van der Waals surface area contributed by atoms with Crippen LogP contribution in [0.25, 0.3) is 0 Å². The van der Waals surface area contributed by atoms with Gasteiger partial charge < -0.3 is 0 Å². The van der Waals surface area contributed by atoms with E-state index in [-0.39, 0.29) is 17.9 Å². The molecule has 1 saturated carbocycles. The van der Waals surface area contributed by atoms with Crippen LogP contribution in [0.2, 0.25) is 0 Å². The number of nitrogens with zero attached hydrogens (tertiary/aromatic N) is 1. The lowest BCUT2D eigenvalue weighted by molar-refractivity contribution is 0.241. The van der Waals surface area contributed by atoms with E-state index in [1.165, 1.54) is 38.8 Å². The first-order valence-corrected chi connectivity index (χ1v) is 5.57. The lowest BCUT2D eigenvalue weighted by Crippen LogP contribution is -2.33. The fourth-order valence-electron chi connectivity index (χ4n) is 2.62. The SMILES string of the molecule is CC(Cl)N1CC2CCC(CC2)C1.Cl. The maximum absolute atomic E-state index is 6.11. The minimum absolute atomic E-state index is 0. The molecule has 2 saturated heterocycles. The van der Waals surface area contributed by atoms with Gasteiger partial charge in [0.1, 0.15) is 0 Å². The van der Waals surface area contributed by atoms with E-state index in [9.17, 15) is 0 Å². The normalized spacial score (nSPS) is 36.5. The lowest BCUT2D eigenvalue weighted by atomic mass is 9.84. The maximum Gasteiger partial charge on any atom is 0.0822 e. The average Bonchev–Trinajstić information content (AvgIpc) is 2.36. The lowest BCUT2D eigenvalue weighted by Gasteiger charge is -2.24. The van der Waals surface area contributed by atoms with Crippen LogP contribution in [0.4, 0.5) is 0 Å². The molecule has 2 bridgehead atoms. The largest absolute Gasteiger partial charge is 0.287 e. The third kappa shape index (κ3) is 2.74. The predicted molar refractivity (Wildman–Crippen MR) is 59.6 cm³/mol. The molecule has 3 aliphatic rings. The molecule has 1 aliphatic carbocycles. The van der Waals surface area contributed by atoms with Gasteiger partial charge in [0.05, 0.1) is 5.50 Å². The second-order valence-corrected chi connectivity index (χ2v) is 5.05. The third-order valence-electron chi connectivity index (χ3n) is 3.45. The number of hydrogen-bond donors (Lipinski definition) is 0. The molecule has 13 heavy (non-hydrogen) atoms. The molecule has 0 aromatic carbocycles. The molecule has 0 aromatic rings. The van der Waals surface area contributed by atoms with Crippen LogP contribution in [0, 0.1) is 11.8 Å². The summed E-state index contributed by atoms with van der Waals surface area (Å²) in [6, 6.07) is 0. The molecule has 0 radical (unpaired) electrons. The Morgan fingerprint density at radius 2 is 1.46 bits per heavy atom. The highest BCUT2D eigenvalue weighted by Crippen LogP contribution is 2.34. The van der Waals surface area contributed by atoms with Crippen molar-refractivity contribution < 1.29 is 0 Å². The smallest absolute Gasteiger partial charge is 0.0822 e. The minimum Gasteiger partial charge on any atom is -0.287 e. The fraction of sp³-hybridized carbons (Fsp3) is 1.00. The van der Waals surface area contributed by atoms with Crippen molar-refractivity contribution >= 4 is 24.0 Å². The molecule has 0 N–H and O–H groups in total. The Morgan fingerprint density at radius 1 is 1.08 bits per heavy atom. The van der Waals surface area contributed by atoms with Gasteiger partial charge in [-0.2, -0.15) is 0 Å². The van der Waals surface area contributed by atoms with Crippen molar-refractivity contribution in [2.75, 3.05) is 13.1 Å². The Balaban J connectivity index is 0.000000845. The number of alkyl halides is 1. The zero-order valence-corrected chi connectivity index (χ0v) is 9.78. The molecule has 2 aliphatic heterocycles. The van der Waals surface area contributed by atoms with Crippen molar-refractivity contribution in [1.29, 1.82) is 0 Å². The van der Waals surface area contributed by atoms with E-state index in [0.717, 1.165) is 11.8 Å². The highest BCUT2D eigenvalue weighted by molar-refractivity contribution is 6.20. The van der Waals surface area contributed by atoms with Crippen LogP contribution in [-0.2, 0) is 0 Å². The van der Waals surface area contributed by atoms with E-state index >= 15 is 0 Å². The molecule has 2 heterocycles. The number of rotatable bonds is 1. The van der Waals surface area contributed by atoms with Crippen LogP contribution in [0.1, 0.15) is 32.6 Å². The van der Waals surface area contributed by atoms with Crippen LogP contribution in [0.5, 0.6) is 0 Å². The average molecular weight is 224 g/mol. The zero-order valence-electron chi connectivity index (χ0n) is 8.21. The van der Waals surface area contributed by atoms with E-state index in [0.29, 0.717) is 0 Å². The van der Waals surface area contributed by atoms with E-state index in [4.69, 9.17) is 11.6 Å². The molecule has 0 spiro atoms.